The third kappa shape index (κ3) is 3.76. The smallest absolute Gasteiger partial charge is 0.321 e. The van der Waals surface area contributed by atoms with Crippen LogP contribution in [-0.4, -0.2) is 44.7 Å². The molecule has 2 saturated heterocycles. The number of carbonyl (C=O) groups excluding carboxylic acids is 2. The number of hydrogen-bond acceptors (Lipinski definition) is 3. The molecule has 0 saturated carbocycles. The topological polar surface area (TPSA) is 73.5 Å². The van der Waals surface area contributed by atoms with E-state index in [1.54, 1.807) is 23.1 Å². The highest BCUT2D eigenvalue weighted by Gasteiger charge is 2.23. The van der Waals surface area contributed by atoms with E-state index >= 15 is 0 Å². The van der Waals surface area contributed by atoms with E-state index in [4.69, 9.17) is 11.6 Å². The van der Waals surface area contributed by atoms with Gasteiger partial charge >= 0.3 is 6.03 Å². The van der Waals surface area contributed by atoms with Gasteiger partial charge in [-0.3, -0.25) is 9.69 Å². The van der Waals surface area contributed by atoms with Gasteiger partial charge in [-0.1, -0.05) is 11.6 Å². The van der Waals surface area contributed by atoms with Gasteiger partial charge in [0.05, 0.1) is 10.6 Å². The fourth-order valence-corrected chi connectivity index (χ4v) is 3.22. The van der Waals surface area contributed by atoms with Gasteiger partial charge in [0.25, 0.3) is 5.91 Å². The van der Waals surface area contributed by atoms with Gasteiger partial charge < -0.3 is 16.0 Å². The summed E-state index contributed by atoms with van der Waals surface area (Å²) in [5.41, 5.74) is 1.10. The molecule has 2 aliphatic heterocycles. The van der Waals surface area contributed by atoms with Crippen molar-refractivity contribution in [1.82, 2.24) is 16.0 Å². The molecule has 2 heterocycles. The van der Waals surface area contributed by atoms with Crippen molar-refractivity contribution in [3.8, 4) is 0 Å². The normalized spacial score (nSPS) is 20.7. The van der Waals surface area contributed by atoms with Gasteiger partial charge in [-0.2, -0.15) is 0 Å². The minimum Gasteiger partial charge on any atom is -0.352 e. The van der Waals surface area contributed by atoms with Crippen molar-refractivity contribution in [3.63, 3.8) is 0 Å². The fourth-order valence-electron chi connectivity index (χ4n) is 3.02. The van der Waals surface area contributed by atoms with Crippen molar-refractivity contribution in [2.75, 3.05) is 37.6 Å². The van der Waals surface area contributed by atoms with Gasteiger partial charge in [0, 0.05) is 25.3 Å². The molecule has 124 valence electrons. The highest BCUT2D eigenvalue weighted by Crippen LogP contribution is 2.24. The average Bonchev–Trinajstić information content (AvgIpc) is 3.19. The summed E-state index contributed by atoms with van der Waals surface area (Å²) in [5, 5.41) is 9.38. The van der Waals surface area contributed by atoms with Crippen molar-refractivity contribution >= 4 is 29.2 Å². The number of urea groups is 1. The monoisotopic (exact) mass is 336 g/mol. The van der Waals surface area contributed by atoms with Gasteiger partial charge in [-0.25, -0.2) is 4.79 Å². The first-order valence-electron chi connectivity index (χ1n) is 7.99. The summed E-state index contributed by atoms with van der Waals surface area (Å²) in [6.07, 6.45) is 2.13. The Morgan fingerprint density at radius 3 is 2.96 bits per heavy atom. The van der Waals surface area contributed by atoms with Gasteiger partial charge in [-0.05, 0) is 50.0 Å². The lowest BCUT2D eigenvalue weighted by Crippen LogP contribution is -2.29. The number of carbonyl (C=O) groups is 2. The van der Waals surface area contributed by atoms with Crippen LogP contribution in [-0.2, 0) is 0 Å². The molecule has 0 spiro atoms. The van der Waals surface area contributed by atoms with Crippen molar-refractivity contribution in [1.29, 1.82) is 0 Å². The van der Waals surface area contributed by atoms with Crippen LogP contribution >= 0.6 is 11.6 Å². The van der Waals surface area contributed by atoms with Crippen LogP contribution < -0.4 is 20.9 Å². The minimum absolute atomic E-state index is 0.146. The second-order valence-corrected chi connectivity index (χ2v) is 6.36. The summed E-state index contributed by atoms with van der Waals surface area (Å²) >= 11 is 6.15. The zero-order chi connectivity index (χ0) is 16.2. The number of nitrogens with one attached hydrogen (secondary N) is 3. The highest BCUT2D eigenvalue weighted by molar-refractivity contribution is 6.34. The van der Waals surface area contributed by atoms with E-state index in [1.807, 2.05) is 0 Å². The number of rotatable bonds is 5. The average molecular weight is 337 g/mol. The molecule has 3 amide bonds. The van der Waals surface area contributed by atoms with Gasteiger partial charge in [-0.15, -0.1) is 0 Å². The van der Waals surface area contributed by atoms with Crippen LogP contribution in [0.5, 0.6) is 0 Å². The maximum atomic E-state index is 12.4. The maximum Gasteiger partial charge on any atom is 0.321 e. The lowest BCUT2D eigenvalue weighted by Gasteiger charge is -2.16. The van der Waals surface area contributed by atoms with E-state index in [9.17, 15) is 9.59 Å². The second kappa shape index (κ2) is 7.19. The zero-order valence-corrected chi connectivity index (χ0v) is 13.7. The molecule has 0 bridgehead atoms. The molecule has 2 aliphatic rings. The summed E-state index contributed by atoms with van der Waals surface area (Å²) in [5.74, 6) is 0.438. The van der Waals surface area contributed by atoms with Crippen molar-refractivity contribution in [2.24, 2.45) is 5.92 Å². The summed E-state index contributed by atoms with van der Waals surface area (Å²) in [7, 11) is 0. The molecule has 1 aromatic carbocycles. The Balaban J connectivity index is 1.63. The molecule has 0 aromatic heterocycles. The SMILES string of the molecule is O=C(NCCC1CCNC1)c1cc(N2CCNC2=O)ccc1Cl. The molecule has 3 N–H and O–H groups in total. The number of halogens is 1. The van der Waals surface area contributed by atoms with Gasteiger partial charge in [0.1, 0.15) is 0 Å². The Morgan fingerprint density at radius 1 is 1.39 bits per heavy atom. The number of amides is 3. The number of benzene rings is 1. The first kappa shape index (κ1) is 16.1. The van der Waals surface area contributed by atoms with Crippen LogP contribution in [0.4, 0.5) is 10.5 Å². The molecule has 1 aromatic rings. The highest BCUT2D eigenvalue weighted by atomic mass is 35.5. The van der Waals surface area contributed by atoms with Crippen LogP contribution in [0.3, 0.4) is 0 Å². The largest absolute Gasteiger partial charge is 0.352 e. The third-order valence-electron chi connectivity index (χ3n) is 4.36. The molecule has 3 rings (SSSR count). The van der Waals surface area contributed by atoms with E-state index in [0.717, 1.165) is 25.9 Å². The number of nitrogens with zero attached hydrogens (tertiary/aromatic N) is 1. The Labute approximate surface area is 140 Å². The summed E-state index contributed by atoms with van der Waals surface area (Å²) in [6.45, 7) is 3.92. The van der Waals surface area contributed by atoms with Crippen molar-refractivity contribution in [3.05, 3.63) is 28.8 Å². The quantitative estimate of drug-likeness (QED) is 0.764. The minimum atomic E-state index is -0.192. The zero-order valence-electron chi connectivity index (χ0n) is 12.9. The Hall–Kier alpha value is -1.79. The Kier molecular flexibility index (Phi) is 5.03. The van der Waals surface area contributed by atoms with Crippen LogP contribution in [0, 0.1) is 5.92 Å². The molecule has 2 fully saturated rings. The van der Waals surface area contributed by atoms with Crippen LogP contribution in [0.25, 0.3) is 0 Å². The van der Waals surface area contributed by atoms with Crippen molar-refractivity contribution in [2.45, 2.75) is 12.8 Å². The standard InChI is InChI=1S/C16H21ClN4O2/c17-14-2-1-12(21-8-7-20-16(21)23)9-13(14)15(22)19-6-4-11-3-5-18-10-11/h1-2,9,11,18H,3-8,10H2,(H,19,22)(H,20,23). The van der Waals surface area contributed by atoms with Crippen LogP contribution in [0.15, 0.2) is 18.2 Å². The van der Waals surface area contributed by atoms with Gasteiger partial charge in [0.15, 0.2) is 0 Å². The third-order valence-corrected chi connectivity index (χ3v) is 4.69. The van der Waals surface area contributed by atoms with E-state index < -0.39 is 0 Å². The maximum absolute atomic E-state index is 12.4. The molecular formula is C16H21ClN4O2. The molecule has 7 heteroatoms. The first-order valence-corrected chi connectivity index (χ1v) is 8.37. The summed E-state index contributed by atoms with van der Waals surface area (Å²) in [4.78, 5) is 25.7. The van der Waals surface area contributed by atoms with Crippen LogP contribution in [0.2, 0.25) is 5.02 Å². The predicted octanol–water partition coefficient (Wildman–Crippen LogP) is 1.60. The molecule has 0 radical (unpaired) electrons. The number of anilines is 1. The van der Waals surface area contributed by atoms with E-state index in [-0.39, 0.29) is 11.9 Å². The van der Waals surface area contributed by atoms with E-state index in [2.05, 4.69) is 16.0 Å². The molecule has 6 nitrogen and oxygen atoms in total. The summed E-state index contributed by atoms with van der Waals surface area (Å²) < 4.78 is 0. The lowest BCUT2D eigenvalue weighted by molar-refractivity contribution is 0.0952. The Morgan fingerprint density at radius 2 is 2.26 bits per heavy atom. The fraction of sp³-hybridized carbons (Fsp3) is 0.500. The van der Waals surface area contributed by atoms with E-state index in [0.29, 0.717) is 41.8 Å². The second-order valence-electron chi connectivity index (χ2n) is 5.95. The summed E-state index contributed by atoms with van der Waals surface area (Å²) in [6, 6.07) is 4.96. The van der Waals surface area contributed by atoms with E-state index in [1.165, 1.54) is 0 Å². The number of hydrogen-bond donors (Lipinski definition) is 3. The van der Waals surface area contributed by atoms with Crippen LogP contribution in [0.1, 0.15) is 23.2 Å². The lowest BCUT2D eigenvalue weighted by atomic mass is 10.1. The molecule has 1 atom stereocenters. The molecule has 0 aliphatic carbocycles. The molecular weight excluding hydrogens is 316 g/mol. The molecule has 1 unspecified atom stereocenters. The Bertz CT molecular complexity index is 602. The predicted molar refractivity (Wildman–Crippen MR) is 90.1 cm³/mol. The van der Waals surface area contributed by atoms with Crippen molar-refractivity contribution < 1.29 is 9.59 Å². The van der Waals surface area contributed by atoms with Gasteiger partial charge in [0.2, 0.25) is 0 Å². The first-order chi connectivity index (χ1) is 11.1. The molecule has 23 heavy (non-hydrogen) atoms.